The van der Waals surface area contributed by atoms with Crippen molar-refractivity contribution >= 4 is 27.0 Å². The van der Waals surface area contributed by atoms with E-state index in [1.54, 1.807) is 12.1 Å². The summed E-state index contributed by atoms with van der Waals surface area (Å²) in [5, 5.41) is 7.33. The van der Waals surface area contributed by atoms with Gasteiger partial charge in [-0.2, -0.15) is 9.40 Å². The molecule has 10 nitrogen and oxygen atoms in total. The Kier molecular flexibility index (Phi) is 7.34. The van der Waals surface area contributed by atoms with Gasteiger partial charge in [-0.1, -0.05) is 18.6 Å². The van der Waals surface area contributed by atoms with Crippen LogP contribution in [0.1, 0.15) is 35.2 Å². The van der Waals surface area contributed by atoms with E-state index in [0.717, 1.165) is 19.3 Å². The van der Waals surface area contributed by atoms with Crippen LogP contribution in [0, 0.1) is 5.82 Å². The Hall–Kier alpha value is -3.90. The molecule has 0 spiro atoms. The molecule has 4 aromatic rings. The van der Waals surface area contributed by atoms with Gasteiger partial charge in [0, 0.05) is 25.2 Å². The molecular weight excluding hydrogens is 511 g/mol. The minimum absolute atomic E-state index is 0.174. The molecule has 12 heteroatoms. The Morgan fingerprint density at radius 1 is 1.05 bits per heavy atom. The molecule has 2 aromatic heterocycles. The Balaban J connectivity index is 1.21. The maximum absolute atomic E-state index is 13.5. The van der Waals surface area contributed by atoms with Crippen LogP contribution in [0.15, 0.2) is 70.7 Å². The van der Waals surface area contributed by atoms with Crippen LogP contribution in [-0.4, -0.2) is 57.6 Å². The van der Waals surface area contributed by atoms with Crippen LogP contribution >= 0.6 is 0 Å². The average Bonchev–Trinajstić information content (AvgIpc) is 3.34. The summed E-state index contributed by atoms with van der Waals surface area (Å²) in [7, 11) is -3.56. The van der Waals surface area contributed by atoms with Crippen molar-refractivity contribution in [3.8, 4) is 0 Å². The molecule has 1 saturated heterocycles. The van der Waals surface area contributed by atoms with Crippen molar-refractivity contribution < 1.29 is 17.6 Å². The summed E-state index contributed by atoms with van der Waals surface area (Å²) >= 11 is 0. The van der Waals surface area contributed by atoms with E-state index in [2.05, 4.69) is 15.4 Å². The van der Waals surface area contributed by atoms with Crippen LogP contribution in [0.25, 0.3) is 11.0 Å². The first-order valence-electron chi connectivity index (χ1n) is 12.4. The minimum Gasteiger partial charge on any atom is -0.350 e. The highest BCUT2D eigenvalue weighted by atomic mass is 32.2. The van der Waals surface area contributed by atoms with Crippen molar-refractivity contribution in [3.63, 3.8) is 0 Å². The standard InChI is InChI=1S/C26H27FN6O4S/c27-21-6-4-5-19(15-21)17-31-18-29-24-23(26(31)35)16-30-33(24)14-11-28-25(34)20-7-9-22(10-8-20)38(36,37)32-12-2-1-3-13-32/h4-10,15-16,18H,1-3,11-14,17H2,(H,28,34). The maximum atomic E-state index is 13.5. The van der Waals surface area contributed by atoms with Gasteiger partial charge in [0.1, 0.15) is 17.5 Å². The summed E-state index contributed by atoms with van der Waals surface area (Å²) in [5.41, 5.74) is 1.06. The van der Waals surface area contributed by atoms with E-state index in [1.165, 1.54) is 62.5 Å². The fraction of sp³-hybridized carbons (Fsp3) is 0.308. The molecule has 0 atom stereocenters. The molecule has 0 aliphatic carbocycles. The van der Waals surface area contributed by atoms with E-state index in [4.69, 9.17) is 0 Å². The number of benzene rings is 2. The number of amides is 1. The van der Waals surface area contributed by atoms with Gasteiger partial charge in [-0.25, -0.2) is 22.5 Å². The van der Waals surface area contributed by atoms with Crippen LogP contribution in [-0.2, 0) is 23.1 Å². The van der Waals surface area contributed by atoms with Crippen molar-refractivity contribution in [1.29, 1.82) is 0 Å². The van der Waals surface area contributed by atoms with E-state index in [0.29, 0.717) is 35.2 Å². The Morgan fingerprint density at radius 2 is 1.82 bits per heavy atom. The molecule has 198 valence electrons. The summed E-state index contributed by atoms with van der Waals surface area (Å²) in [6.45, 7) is 1.71. The molecule has 1 aliphatic rings. The summed E-state index contributed by atoms with van der Waals surface area (Å²) < 4.78 is 43.5. The second kappa shape index (κ2) is 10.8. The average molecular weight is 539 g/mol. The second-order valence-corrected chi connectivity index (χ2v) is 11.1. The zero-order chi connectivity index (χ0) is 26.7. The van der Waals surface area contributed by atoms with Crippen LogP contribution in [0.4, 0.5) is 4.39 Å². The number of hydrogen-bond donors (Lipinski definition) is 1. The van der Waals surface area contributed by atoms with E-state index in [-0.39, 0.29) is 41.8 Å². The summed E-state index contributed by atoms with van der Waals surface area (Å²) in [6.07, 6.45) is 5.56. The SMILES string of the molecule is O=C(NCCn1ncc2c(=O)n(Cc3cccc(F)c3)cnc21)c1ccc(S(=O)(=O)N2CCCCC2)cc1. The maximum Gasteiger partial charge on any atom is 0.264 e. The van der Waals surface area contributed by atoms with Crippen molar-refractivity contribution in [2.75, 3.05) is 19.6 Å². The second-order valence-electron chi connectivity index (χ2n) is 9.16. The first-order valence-corrected chi connectivity index (χ1v) is 13.8. The van der Waals surface area contributed by atoms with E-state index >= 15 is 0 Å². The van der Waals surface area contributed by atoms with Crippen molar-refractivity contribution in [3.05, 3.63) is 88.4 Å². The van der Waals surface area contributed by atoms with Crippen LogP contribution < -0.4 is 10.9 Å². The number of sulfonamides is 1. The van der Waals surface area contributed by atoms with Gasteiger partial charge in [0.25, 0.3) is 11.5 Å². The monoisotopic (exact) mass is 538 g/mol. The van der Waals surface area contributed by atoms with Gasteiger partial charge in [0.05, 0.1) is 24.2 Å². The van der Waals surface area contributed by atoms with Gasteiger partial charge < -0.3 is 5.32 Å². The third-order valence-electron chi connectivity index (χ3n) is 6.54. The summed E-state index contributed by atoms with van der Waals surface area (Å²) in [5.74, 6) is -0.730. The molecule has 0 unspecified atom stereocenters. The van der Waals surface area contributed by atoms with Gasteiger partial charge >= 0.3 is 0 Å². The Bertz CT molecular complexity index is 1630. The topological polar surface area (TPSA) is 119 Å². The van der Waals surface area contributed by atoms with Crippen LogP contribution in [0.2, 0.25) is 0 Å². The number of aromatic nitrogens is 4. The zero-order valence-electron chi connectivity index (χ0n) is 20.6. The molecule has 38 heavy (non-hydrogen) atoms. The highest BCUT2D eigenvalue weighted by molar-refractivity contribution is 7.89. The minimum atomic E-state index is -3.56. The molecule has 5 rings (SSSR count). The number of nitrogens with one attached hydrogen (secondary N) is 1. The molecule has 0 radical (unpaired) electrons. The van der Waals surface area contributed by atoms with Crippen LogP contribution in [0.3, 0.4) is 0 Å². The lowest BCUT2D eigenvalue weighted by atomic mass is 10.2. The summed E-state index contributed by atoms with van der Waals surface area (Å²) in [4.78, 5) is 30.0. The number of hydrogen-bond acceptors (Lipinski definition) is 6. The molecule has 0 bridgehead atoms. The van der Waals surface area contributed by atoms with Gasteiger partial charge in [0.15, 0.2) is 5.65 Å². The molecular formula is C26H27FN6O4S. The first kappa shape index (κ1) is 25.7. The third-order valence-corrected chi connectivity index (χ3v) is 8.46. The van der Waals surface area contributed by atoms with Crippen molar-refractivity contribution in [2.45, 2.75) is 37.2 Å². The summed E-state index contributed by atoms with van der Waals surface area (Å²) in [6, 6.07) is 11.9. The fourth-order valence-corrected chi connectivity index (χ4v) is 6.03. The number of carbonyl (C=O) groups excluding carboxylic acids is 1. The number of halogens is 1. The number of nitrogens with zero attached hydrogens (tertiary/aromatic N) is 5. The lowest BCUT2D eigenvalue weighted by molar-refractivity contribution is 0.0952. The molecule has 3 heterocycles. The predicted octanol–water partition coefficient (Wildman–Crippen LogP) is 2.38. The molecule has 1 fully saturated rings. The Labute approximate surface area is 218 Å². The molecule has 1 N–H and O–H groups in total. The molecule has 0 saturated carbocycles. The number of carbonyl (C=O) groups is 1. The number of fused-ring (bicyclic) bond motifs is 1. The third kappa shape index (κ3) is 5.36. The van der Waals surface area contributed by atoms with Crippen molar-refractivity contribution in [2.24, 2.45) is 0 Å². The lowest BCUT2D eigenvalue weighted by Crippen LogP contribution is -2.35. The molecule has 2 aromatic carbocycles. The number of rotatable bonds is 8. The van der Waals surface area contributed by atoms with Gasteiger partial charge in [-0.05, 0) is 54.8 Å². The largest absolute Gasteiger partial charge is 0.350 e. The normalized spacial score (nSPS) is 14.6. The van der Waals surface area contributed by atoms with E-state index in [9.17, 15) is 22.4 Å². The predicted molar refractivity (Wildman–Crippen MR) is 139 cm³/mol. The first-order chi connectivity index (χ1) is 18.3. The van der Waals surface area contributed by atoms with Crippen LogP contribution in [0.5, 0.6) is 0 Å². The highest BCUT2D eigenvalue weighted by Crippen LogP contribution is 2.21. The molecule has 1 amide bonds. The van der Waals surface area contributed by atoms with Gasteiger partial charge in [-0.15, -0.1) is 0 Å². The quantitative estimate of drug-likeness (QED) is 0.368. The van der Waals surface area contributed by atoms with E-state index < -0.39 is 10.0 Å². The van der Waals surface area contributed by atoms with E-state index in [1.807, 2.05) is 0 Å². The van der Waals surface area contributed by atoms with Gasteiger partial charge in [-0.3, -0.25) is 14.2 Å². The Morgan fingerprint density at radius 3 is 2.55 bits per heavy atom. The molecule has 1 aliphatic heterocycles. The highest BCUT2D eigenvalue weighted by Gasteiger charge is 2.26. The fourth-order valence-electron chi connectivity index (χ4n) is 4.52. The smallest absolute Gasteiger partial charge is 0.264 e. The zero-order valence-corrected chi connectivity index (χ0v) is 21.4. The lowest BCUT2D eigenvalue weighted by Gasteiger charge is -2.25. The van der Waals surface area contributed by atoms with Crippen molar-refractivity contribution in [1.82, 2.24) is 29.0 Å². The van der Waals surface area contributed by atoms with Gasteiger partial charge in [0.2, 0.25) is 10.0 Å². The number of piperidine rings is 1.